The largest absolute Gasteiger partial charge is 0.454 e. The molecule has 1 heterocycles. The number of hydrogen-bond acceptors (Lipinski definition) is 5. The van der Waals surface area contributed by atoms with Gasteiger partial charge in [0.15, 0.2) is 0 Å². The summed E-state index contributed by atoms with van der Waals surface area (Å²) in [5.41, 5.74) is 2.60. The third kappa shape index (κ3) is 4.08. The molecule has 6 nitrogen and oxygen atoms in total. The van der Waals surface area contributed by atoms with E-state index >= 15 is 0 Å². The van der Waals surface area contributed by atoms with Gasteiger partial charge in [-0.1, -0.05) is 24.3 Å². The summed E-state index contributed by atoms with van der Waals surface area (Å²) in [6.45, 7) is 4.35. The van der Waals surface area contributed by atoms with Gasteiger partial charge < -0.3 is 9.47 Å². The number of fused-ring (bicyclic) bond motifs is 1. The third-order valence-corrected chi connectivity index (χ3v) is 7.29. The number of nitrogens with zero attached hydrogens (tertiary/aromatic N) is 1. The van der Waals surface area contributed by atoms with Crippen molar-refractivity contribution in [1.29, 1.82) is 0 Å². The van der Waals surface area contributed by atoms with E-state index in [1.165, 1.54) is 34.1 Å². The molecule has 1 aliphatic heterocycles. The Labute approximate surface area is 171 Å². The van der Waals surface area contributed by atoms with E-state index in [0.29, 0.717) is 18.7 Å². The van der Waals surface area contributed by atoms with Gasteiger partial charge in [-0.3, -0.25) is 0 Å². The van der Waals surface area contributed by atoms with E-state index in [9.17, 15) is 13.2 Å². The lowest BCUT2D eigenvalue weighted by Crippen LogP contribution is -2.48. The number of sulfonamides is 1. The highest BCUT2D eigenvalue weighted by atomic mass is 32.2. The van der Waals surface area contributed by atoms with E-state index in [1.54, 1.807) is 0 Å². The third-order valence-electron chi connectivity index (χ3n) is 5.44. The van der Waals surface area contributed by atoms with Gasteiger partial charge in [0.1, 0.15) is 6.10 Å². The van der Waals surface area contributed by atoms with Crippen molar-refractivity contribution in [2.45, 2.75) is 49.9 Å². The summed E-state index contributed by atoms with van der Waals surface area (Å²) in [6, 6.07) is 13.9. The molecule has 29 heavy (non-hydrogen) atoms. The summed E-state index contributed by atoms with van der Waals surface area (Å²) in [6.07, 6.45) is 1.10. The van der Waals surface area contributed by atoms with Crippen molar-refractivity contribution in [3.05, 3.63) is 65.2 Å². The quantitative estimate of drug-likeness (QED) is 0.716. The predicted octanol–water partition coefficient (Wildman–Crippen LogP) is 3.33. The van der Waals surface area contributed by atoms with Crippen LogP contribution in [0.2, 0.25) is 0 Å². The Morgan fingerprint density at radius 1 is 1.03 bits per heavy atom. The van der Waals surface area contributed by atoms with Crippen molar-refractivity contribution < 1.29 is 22.7 Å². The number of esters is 1. The molecule has 0 radical (unpaired) electrons. The van der Waals surface area contributed by atoms with Crippen LogP contribution in [0.1, 0.15) is 47.9 Å². The van der Waals surface area contributed by atoms with Gasteiger partial charge in [-0.2, -0.15) is 4.31 Å². The van der Waals surface area contributed by atoms with Gasteiger partial charge in [-0.15, -0.1) is 0 Å². The van der Waals surface area contributed by atoms with Crippen LogP contribution in [0.15, 0.2) is 53.4 Å². The van der Waals surface area contributed by atoms with Crippen molar-refractivity contribution in [1.82, 2.24) is 4.31 Å². The van der Waals surface area contributed by atoms with Crippen LogP contribution in [-0.4, -0.2) is 44.0 Å². The fourth-order valence-corrected chi connectivity index (χ4v) is 5.67. The lowest BCUT2D eigenvalue weighted by atomic mass is 10.1. The molecule has 0 amide bonds. The first-order chi connectivity index (χ1) is 13.8. The molecule has 0 saturated carbocycles. The standard InChI is InChI=1S/C22H25NO5S/c1-15-13-23(14-16(2)27-15)29(25,26)19-10-7-18(8-11-19)22(24)28-21-12-9-17-5-3-4-6-20(17)21/h3-8,10-11,15-16,21H,9,12-14H2,1-2H3/t15-,16-,21+/m0/s1. The van der Waals surface area contributed by atoms with Crippen LogP contribution in [0.4, 0.5) is 0 Å². The summed E-state index contributed by atoms with van der Waals surface area (Å²) >= 11 is 0. The zero-order valence-electron chi connectivity index (χ0n) is 16.6. The molecule has 0 N–H and O–H groups in total. The molecule has 154 valence electrons. The fraction of sp³-hybridized carbons (Fsp3) is 0.409. The van der Waals surface area contributed by atoms with Crippen LogP contribution < -0.4 is 0 Å². The fourth-order valence-electron chi connectivity index (χ4n) is 4.08. The molecule has 7 heteroatoms. The van der Waals surface area contributed by atoms with Crippen molar-refractivity contribution in [2.24, 2.45) is 0 Å². The van der Waals surface area contributed by atoms with E-state index in [-0.39, 0.29) is 23.2 Å². The van der Waals surface area contributed by atoms with Crippen LogP contribution in [0.25, 0.3) is 0 Å². The van der Waals surface area contributed by atoms with Crippen molar-refractivity contribution in [3.8, 4) is 0 Å². The maximum atomic E-state index is 12.9. The molecule has 4 rings (SSSR count). The monoisotopic (exact) mass is 415 g/mol. The molecular formula is C22H25NO5S. The summed E-state index contributed by atoms with van der Waals surface area (Å²) < 4.78 is 38.6. The zero-order valence-corrected chi connectivity index (χ0v) is 17.4. The van der Waals surface area contributed by atoms with Crippen molar-refractivity contribution >= 4 is 16.0 Å². The Kier molecular flexibility index (Phi) is 5.46. The first-order valence-electron chi connectivity index (χ1n) is 9.89. The number of morpholine rings is 1. The number of aryl methyl sites for hydroxylation is 1. The molecule has 2 aliphatic rings. The van der Waals surface area contributed by atoms with E-state index in [4.69, 9.17) is 9.47 Å². The van der Waals surface area contributed by atoms with Crippen LogP contribution >= 0.6 is 0 Å². The minimum absolute atomic E-state index is 0.155. The molecule has 2 aromatic carbocycles. The smallest absolute Gasteiger partial charge is 0.338 e. The second-order valence-corrected chi connectivity index (χ2v) is 9.67. The Hall–Kier alpha value is -2.22. The first kappa shape index (κ1) is 20.1. The second kappa shape index (κ2) is 7.89. The summed E-state index contributed by atoms with van der Waals surface area (Å²) in [5, 5.41) is 0. The number of hydrogen-bond donors (Lipinski definition) is 0. The van der Waals surface area contributed by atoms with Gasteiger partial charge in [0.2, 0.25) is 10.0 Å². The highest BCUT2D eigenvalue weighted by Crippen LogP contribution is 2.34. The minimum Gasteiger partial charge on any atom is -0.454 e. The highest BCUT2D eigenvalue weighted by molar-refractivity contribution is 7.89. The second-order valence-electron chi connectivity index (χ2n) is 7.74. The van der Waals surface area contributed by atoms with Gasteiger partial charge in [0.25, 0.3) is 0 Å². The molecule has 2 aromatic rings. The van der Waals surface area contributed by atoms with Crippen molar-refractivity contribution in [3.63, 3.8) is 0 Å². The number of ether oxygens (including phenoxy) is 2. The normalized spacial score (nSPS) is 24.8. The van der Waals surface area contributed by atoms with E-state index in [0.717, 1.165) is 18.4 Å². The van der Waals surface area contributed by atoms with E-state index in [2.05, 4.69) is 6.07 Å². The Bertz CT molecular complexity index is 992. The van der Waals surface area contributed by atoms with Gasteiger partial charge in [0.05, 0.1) is 22.7 Å². The number of rotatable bonds is 4. The van der Waals surface area contributed by atoms with Gasteiger partial charge in [-0.25, -0.2) is 13.2 Å². The topological polar surface area (TPSA) is 72.9 Å². The molecule has 3 atom stereocenters. The maximum absolute atomic E-state index is 12.9. The lowest BCUT2D eigenvalue weighted by Gasteiger charge is -2.34. The number of benzene rings is 2. The molecule has 1 fully saturated rings. The molecule has 0 aromatic heterocycles. The van der Waals surface area contributed by atoms with E-state index in [1.807, 2.05) is 32.0 Å². The first-order valence-corrected chi connectivity index (χ1v) is 11.3. The lowest BCUT2D eigenvalue weighted by molar-refractivity contribution is -0.0440. The Morgan fingerprint density at radius 2 is 1.69 bits per heavy atom. The molecule has 0 spiro atoms. The summed E-state index contributed by atoms with van der Waals surface area (Å²) in [4.78, 5) is 12.7. The van der Waals surface area contributed by atoms with Gasteiger partial charge in [0, 0.05) is 13.1 Å². The predicted molar refractivity (Wildman–Crippen MR) is 108 cm³/mol. The molecule has 1 aliphatic carbocycles. The van der Waals surface area contributed by atoms with Crippen LogP contribution in [0.3, 0.4) is 0 Å². The Morgan fingerprint density at radius 3 is 2.38 bits per heavy atom. The van der Waals surface area contributed by atoms with Crippen molar-refractivity contribution in [2.75, 3.05) is 13.1 Å². The summed E-state index contributed by atoms with van der Waals surface area (Å²) in [5.74, 6) is -0.440. The molecule has 0 unspecified atom stereocenters. The van der Waals surface area contributed by atoms with Crippen LogP contribution in [-0.2, 0) is 25.9 Å². The highest BCUT2D eigenvalue weighted by Gasteiger charge is 2.32. The number of carbonyl (C=O) groups is 1. The minimum atomic E-state index is -3.63. The van der Waals surface area contributed by atoms with E-state index < -0.39 is 16.0 Å². The average molecular weight is 416 g/mol. The van der Waals surface area contributed by atoms with Crippen LogP contribution in [0.5, 0.6) is 0 Å². The Balaban J connectivity index is 1.47. The zero-order chi connectivity index (χ0) is 20.6. The molecule has 1 saturated heterocycles. The SMILES string of the molecule is C[C@H]1CN(S(=O)(=O)c2ccc(C(=O)O[C@@H]3CCc4ccccc43)cc2)C[C@H](C)O1. The van der Waals surface area contributed by atoms with Crippen LogP contribution in [0, 0.1) is 0 Å². The van der Waals surface area contributed by atoms with Gasteiger partial charge >= 0.3 is 5.97 Å². The maximum Gasteiger partial charge on any atom is 0.338 e. The van der Waals surface area contributed by atoms with Gasteiger partial charge in [-0.05, 0) is 62.1 Å². The average Bonchev–Trinajstić information content (AvgIpc) is 3.10. The molecular weight excluding hydrogens is 390 g/mol. The number of carbonyl (C=O) groups excluding carboxylic acids is 1. The molecule has 0 bridgehead atoms. The summed E-state index contributed by atoms with van der Waals surface area (Å²) in [7, 11) is -3.63.